The average molecular weight is 186 g/mol. The molecule has 0 radical (unpaired) electrons. The maximum atomic E-state index is 4.48. The van der Waals surface area contributed by atoms with Crippen molar-refractivity contribution in [3.8, 4) is 0 Å². The number of fused-ring (bicyclic) bond motifs is 1. The third-order valence-electron chi connectivity index (χ3n) is 2.26. The summed E-state index contributed by atoms with van der Waals surface area (Å²) in [6.45, 7) is 6.23. The number of rotatable bonds is 0. The summed E-state index contributed by atoms with van der Waals surface area (Å²) in [6, 6.07) is 0. The van der Waals surface area contributed by atoms with Crippen molar-refractivity contribution in [2.75, 3.05) is 0 Å². The van der Waals surface area contributed by atoms with Crippen LogP contribution in [0.25, 0.3) is 12.2 Å². The van der Waals surface area contributed by atoms with Crippen LogP contribution in [0.15, 0.2) is 17.8 Å². The molecule has 72 valence electrons. The minimum absolute atomic E-state index is 0.434. The topological polar surface area (TPSA) is 25.8 Å². The van der Waals surface area contributed by atoms with Gasteiger partial charge in [-0.3, -0.25) is 9.97 Å². The highest BCUT2D eigenvalue weighted by atomic mass is 14.8. The van der Waals surface area contributed by atoms with Gasteiger partial charge in [-0.2, -0.15) is 0 Å². The van der Waals surface area contributed by atoms with E-state index in [-0.39, 0.29) is 0 Å². The maximum absolute atomic E-state index is 4.48. The molecular weight excluding hydrogens is 172 g/mol. The lowest BCUT2D eigenvalue weighted by Gasteiger charge is -1.95. The standard InChI is InChI=1S/C12H14N2/c1-8-4-9(2)6-12-11(5-8)13-7-10(3)14-12/h4-7,9H,1-3H3. The molecule has 0 saturated heterocycles. The van der Waals surface area contributed by atoms with E-state index >= 15 is 0 Å². The lowest BCUT2D eigenvalue weighted by molar-refractivity contribution is 0.966. The van der Waals surface area contributed by atoms with Gasteiger partial charge in [0.25, 0.3) is 0 Å². The Bertz CT molecular complexity index is 498. The fourth-order valence-electron chi connectivity index (χ4n) is 1.71. The number of allylic oxidation sites excluding steroid dienone is 2. The van der Waals surface area contributed by atoms with Gasteiger partial charge in [0.15, 0.2) is 0 Å². The van der Waals surface area contributed by atoms with Crippen LogP contribution in [0.3, 0.4) is 0 Å². The van der Waals surface area contributed by atoms with Crippen LogP contribution in [-0.4, -0.2) is 9.97 Å². The number of hydrogen-bond donors (Lipinski definition) is 0. The van der Waals surface area contributed by atoms with Gasteiger partial charge in [0.05, 0.1) is 16.4 Å². The average Bonchev–Trinajstić information content (AvgIpc) is 2.21. The van der Waals surface area contributed by atoms with Crippen LogP contribution in [0.4, 0.5) is 0 Å². The molecule has 0 fully saturated rings. The van der Waals surface area contributed by atoms with Gasteiger partial charge >= 0.3 is 0 Å². The molecule has 1 aliphatic carbocycles. The molecule has 1 aromatic heterocycles. The third kappa shape index (κ3) is 1.74. The molecule has 2 nitrogen and oxygen atoms in total. The van der Waals surface area contributed by atoms with E-state index in [1.807, 2.05) is 13.1 Å². The van der Waals surface area contributed by atoms with E-state index in [0.717, 1.165) is 16.4 Å². The molecule has 0 spiro atoms. The lowest BCUT2D eigenvalue weighted by Crippen LogP contribution is -2.31. The zero-order chi connectivity index (χ0) is 10.1. The van der Waals surface area contributed by atoms with Crippen LogP contribution in [0, 0.1) is 12.8 Å². The summed E-state index contributed by atoms with van der Waals surface area (Å²) in [5.74, 6) is 0.434. The van der Waals surface area contributed by atoms with Crippen LogP contribution in [0.1, 0.15) is 19.5 Å². The highest BCUT2D eigenvalue weighted by Crippen LogP contribution is 2.06. The van der Waals surface area contributed by atoms with E-state index in [2.05, 4.69) is 42.0 Å². The van der Waals surface area contributed by atoms with Crippen LogP contribution < -0.4 is 10.7 Å². The summed E-state index contributed by atoms with van der Waals surface area (Å²) in [4.78, 5) is 8.85. The smallest absolute Gasteiger partial charge is 0.0886 e. The SMILES string of the molecule is CC1=CC(C)C=c2nc(C)cnc2=C1. The number of aryl methyl sites for hydroxylation is 1. The highest BCUT2D eigenvalue weighted by Gasteiger charge is 2.00. The Kier molecular flexibility index (Phi) is 2.20. The first-order chi connectivity index (χ1) is 6.65. The lowest BCUT2D eigenvalue weighted by atomic mass is 10.1. The molecule has 14 heavy (non-hydrogen) atoms. The van der Waals surface area contributed by atoms with Crippen molar-refractivity contribution in [2.24, 2.45) is 5.92 Å². The van der Waals surface area contributed by atoms with Gasteiger partial charge in [0, 0.05) is 6.20 Å². The third-order valence-corrected chi connectivity index (χ3v) is 2.26. The van der Waals surface area contributed by atoms with Crippen molar-refractivity contribution in [1.29, 1.82) is 0 Å². The predicted octanol–water partition coefficient (Wildman–Crippen LogP) is 0.942. The van der Waals surface area contributed by atoms with E-state index in [4.69, 9.17) is 0 Å². The largest absolute Gasteiger partial charge is 0.253 e. The van der Waals surface area contributed by atoms with Crippen LogP contribution in [0.5, 0.6) is 0 Å². The van der Waals surface area contributed by atoms with Crippen LogP contribution in [0.2, 0.25) is 0 Å². The molecule has 1 aromatic rings. The van der Waals surface area contributed by atoms with Crippen molar-refractivity contribution < 1.29 is 0 Å². The van der Waals surface area contributed by atoms with Crippen molar-refractivity contribution in [3.05, 3.63) is 34.2 Å². The zero-order valence-corrected chi connectivity index (χ0v) is 8.78. The van der Waals surface area contributed by atoms with Gasteiger partial charge in [-0.25, -0.2) is 0 Å². The molecule has 0 bridgehead atoms. The van der Waals surface area contributed by atoms with E-state index in [0.29, 0.717) is 5.92 Å². The summed E-state index contributed by atoms with van der Waals surface area (Å²) in [7, 11) is 0. The van der Waals surface area contributed by atoms with Crippen molar-refractivity contribution in [3.63, 3.8) is 0 Å². The molecule has 0 saturated carbocycles. The number of aromatic nitrogens is 2. The monoisotopic (exact) mass is 186 g/mol. The van der Waals surface area contributed by atoms with E-state index < -0.39 is 0 Å². The molecule has 0 N–H and O–H groups in total. The quantitative estimate of drug-likeness (QED) is 0.602. The van der Waals surface area contributed by atoms with Crippen LogP contribution >= 0.6 is 0 Å². The minimum atomic E-state index is 0.434. The summed E-state index contributed by atoms with van der Waals surface area (Å²) in [6.07, 6.45) is 8.27. The maximum Gasteiger partial charge on any atom is 0.0886 e. The fraction of sp³-hybridized carbons (Fsp3) is 0.333. The van der Waals surface area contributed by atoms with Gasteiger partial charge in [0.1, 0.15) is 0 Å². The summed E-state index contributed by atoms with van der Waals surface area (Å²) >= 11 is 0. The van der Waals surface area contributed by atoms with Crippen molar-refractivity contribution in [1.82, 2.24) is 9.97 Å². The number of hydrogen-bond acceptors (Lipinski definition) is 2. The molecule has 0 amide bonds. The first-order valence-corrected chi connectivity index (χ1v) is 4.87. The Morgan fingerprint density at radius 1 is 1.14 bits per heavy atom. The second kappa shape index (κ2) is 3.37. The summed E-state index contributed by atoms with van der Waals surface area (Å²) < 4.78 is 0. The Morgan fingerprint density at radius 2 is 1.93 bits per heavy atom. The fourth-order valence-corrected chi connectivity index (χ4v) is 1.71. The normalized spacial score (nSPS) is 19.9. The van der Waals surface area contributed by atoms with Gasteiger partial charge in [-0.1, -0.05) is 18.6 Å². The molecule has 1 atom stereocenters. The first kappa shape index (κ1) is 9.13. The Hall–Kier alpha value is -1.44. The molecule has 1 heterocycles. The molecule has 1 unspecified atom stereocenters. The van der Waals surface area contributed by atoms with E-state index in [1.165, 1.54) is 5.57 Å². The van der Waals surface area contributed by atoms with E-state index in [9.17, 15) is 0 Å². The predicted molar refractivity (Wildman–Crippen MR) is 57.9 cm³/mol. The van der Waals surface area contributed by atoms with Gasteiger partial charge < -0.3 is 0 Å². The van der Waals surface area contributed by atoms with Crippen molar-refractivity contribution >= 4 is 12.2 Å². The summed E-state index contributed by atoms with van der Waals surface area (Å²) in [5, 5.41) is 1.99. The first-order valence-electron chi connectivity index (χ1n) is 4.87. The second-order valence-electron chi connectivity index (χ2n) is 3.86. The molecule has 1 aliphatic rings. The van der Waals surface area contributed by atoms with Gasteiger partial charge in [0.2, 0.25) is 0 Å². The molecular formula is C12H14N2. The van der Waals surface area contributed by atoms with Crippen LogP contribution in [-0.2, 0) is 0 Å². The second-order valence-corrected chi connectivity index (χ2v) is 3.86. The van der Waals surface area contributed by atoms with Gasteiger partial charge in [-0.15, -0.1) is 0 Å². The molecule has 0 aromatic carbocycles. The van der Waals surface area contributed by atoms with Gasteiger partial charge in [-0.05, 0) is 31.9 Å². The Morgan fingerprint density at radius 3 is 2.71 bits per heavy atom. The highest BCUT2D eigenvalue weighted by molar-refractivity contribution is 5.48. The van der Waals surface area contributed by atoms with Crippen molar-refractivity contribution in [2.45, 2.75) is 20.8 Å². The number of nitrogens with zero attached hydrogens (tertiary/aromatic N) is 2. The molecule has 2 rings (SSSR count). The summed E-state index contributed by atoms with van der Waals surface area (Å²) in [5.41, 5.74) is 2.23. The molecule has 2 heteroatoms. The Labute approximate surface area is 83.7 Å². The zero-order valence-electron chi connectivity index (χ0n) is 8.78. The molecule has 0 aliphatic heterocycles. The van der Waals surface area contributed by atoms with E-state index in [1.54, 1.807) is 0 Å². The Balaban J connectivity index is 2.76. The minimum Gasteiger partial charge on any atom is -0.253 e.